The Balaban J connectivity index is 0. The Morgan fingerprint density at radius 1 is 0.933 bits per heavy atom. The number of aliphatic carboxylic acids is 1. The molecule has 0 rings (SSSR count). The van der Waals surface area contributed by atoms with E-state index >= 15 is 0 Å². The third-order valence-corrected chi connectivity index (χ3v) is 1.02. The Bertz CT molecular complexity index is 232. The SMILES string of the molecule is C=C.O=C(O)C(F)(F)C(F)(F)C(F)(F)F. The Hall–Kier alpha value is -1.28. The number of hydrogen-bond donors (Lipinski definition) is 1. The summed E-state index contributed by atoms with van der Waals surface area (Å²) in [4.78, 5) is 9.38. The van der Waals surface area contributed by atoms with Crippen LogP contribution in [0.4, 0.5) is 30.7 Å². The molecule has 0 aliphatic rings. The molecule has 0 aliphatic heterocycles. The first-order valence-corrected chi connectivity index (χ1v) is 3.00. The second-order valence-corrected chi connectivity index (χ2v) is 1.95. The average Bonchev–Trinajstić information content (AvgIpc) is 2.05. The van der Waals surface area contributed by atoms with E-state index in [-0.39, 0.29) is 0 Å². The third-order valence-electron chi connectivity index (χ3n) is 1.02. The van der Waals surface area contributed by atoms with E-state index in [9.17, 15) is 35.5 Å². The molecular formula is C6H5F7O2. The second-order valence-electron chi connectivity index (χ2n) is 1.95. The Labute approximate surface area is 79.0 Å². The smallest absolute Gasteiger partial charge is 0.460 e. The summed E-state index contributed by atoms with van der Waals surface area (Å²) in [5.41, 5.74) is 0. The predicted molar refractivity (Wildman–Crippen MR) is 34.8 cm³/mol. The van der Waals surface area contributed by atoms with Gasteiger partial charge in [-0.05, 0) is 0 Å². The molecule has 0 spiro atoms. The minimum absolute atomic E-state index is 3.00. The number of alkyl halides is 7. The number of halogens is 7. The van der Waals surface area contributed by atoms with Gasteiger partial charge in [-0.2, -0.15) is 30.7 Å². The molecule has 1 N–H and O–H groups in total. The lowest BCUT2D eigenvalue weighted by atomic mass is 10.1. The van der Waals surface area contributed by atoms with Gasteiger partial charge in [-0.25, -0.2) is 4.79 Å². The quantitative estimate of drug-likeness (QED) is 0.597. The number of rotatable bonds is 2. The van der Waals surface area contributed by atoms with Gasteiger partial charge in [0.1, 0.15) is 0 Å². The minimum Gasteiger partial charge on any atom is -0.477 e. The largest absolute Gasteiger partial charge is 0.477 e. The van der Waals surface area contributed by atoms with E-state index in [1.54, 1.807) is 0 Å². The molecule has 0 unspecified atom stereocenters. The maximum absolute atomic E-state index is 11.8. The molecule has 0 amide bonds. The zero-order valence-electron chi connectivity index (χ0n) is 6.92. The summed E-state index contributed by atoms with van der Waals surface area (Å²) in [7, 11) is 0. The van der Waals surface area contributed by atoms with Crippen molar-refractivity contribution in [2.75, 3.05) is 0 Å². The van der Waals surface area contributed by atoms with Crippen LogP contribution in [0.2, 0.25) is 0 Å². The minimum atomic E-state index is -6.60. The summed E-state index contributed by atoms with van der Waals surface area (Å²) >= 11 is 0. The zero-order valence-corrected chi connectivity index (χ0v) is 6.92. The van der Waals surface area contributed by atoms with E-state index in [0.29, 0.717) is 0 Å². The van der Waals surface area contributed by atoms with Crippen LogP contribution in [0.1, 0.15) is 0 Å². The molecule has 0 saturated carbocycles. The molecule has 90 valence electrons. The van der Waals surface area contributed by atoms with E-state index < -0.39 is 24.0 Å². The van der Waals surface area contributed by atoms with E-state index in [2.05, 4.69) is 13.2 Å². The molecule has 0 bridgehead atoms. The van der Waals surface area contributed by atoms with Crippen LogP contribution in [0.25, 0.3) is 0 Å². The number of hydrogen-bond acceptors (Lipinski definition) is 1. The highest BCUT2D eigenvalue weighted by Crippen LogP contribution is 2.46. The van der Waals surface area contributed by atoms with Crippen molar-refractivity contribution in [3.63, 3.8) is 0 Å². The molecule has 0 radical (unpaired) electrons. The summed E-state index contributed by atoms with van der Waals surface area (Å²) in [5, 5.41) is 7.41. The second kappa shape index (κ2) is 4.49. The van der Waals surface area contributed by atoms with E-state index in [0.717, 1.165) is 0 Å². The molecule has 2 nitrogen and oxygen atoms in total. The average molecular weight is 242 g/mol. The lowest BCUT2D eigenvalue weighted by Gasteiger charge is -2.24. The molecule has 15 heavy (non-hydrogen) atoms. The van der Waals surface area contributed by atoms with Gasteiger partial charge in [-0.15, -0.1) is 13.2 Å². The molecule has 0 aromatic carbocycles. The summed E-state index contributed by atoms with van der Waals surface area (Å²) < 4.78 is 80.5. The summed E-state index contributed by atoms with van der Waals surface area (Å²) in [6.07, 6.45) is -6.60. The molecule has 0 saturated heterocycles. The van der Waals surface area contributed by atoms with Crippen molar-refractivity contribution in [1.29, 1.82) is 0 Å². The van der Waals surface area contributed by atoms with Crippen LogP contribution >= 0.6 is 0 Å². The fourth-order valence-electron chi connectivity index (χ4n) is 0.312. The van der Waals surface area contributed by atoms with E-state index in [1.165, 1.54) is 0 Å². The predicted octanol–water partition coefficient (Wildman–Crippen LogP) is 2.71. The first-order valence-electron chi connectivity index (χ1n) is 3.00. The van der Waals surface area contributed by atoms with Crippen LogP contribution in [-0.4, -0.2) is 29.1 Å². The molecule has 0 aromatic rings. The van der Waals surface area contributed by atoms with Crippen molar-refractivity contribution in [2.45, 2.75) is 18.0 Å². The van der Waals surface area contributed by atoms with Gasteiger partial charge in [-0.1, -0.05) is 0 Å². The van der Waals surface area contributed by atoms with Gasteiger partial charge in [0.25, 0.3) is 0 Å². The summed E-state index contributed by atoms with van der Waals surface area (Å²) in [6.45, 7) is 6.00. The highest BCUT2D eigenvalue weighted by atomic mass is 19.4. The van der Waals surface area contributed by atoms with Gasteiger partial charge in [0.2, 0.25) is 0 Å². The standard InChI is InChI=1S/C4HF7O2.C2H4/c5-2(6,1(12)13)3(7,8)4(9,10)11;1-2/h(H,12,13);1-2H2. The van der Waals surface area contributed by atoms with Crippen LogP contribution in [0.5, 0.6) is 0 Å². The molecule has 0 aliphatic carbocycles. The molecule has 9 heteroatoms. The van der Waals surface area contributed by atoms with Crippen LogP contribution in [0, 0.1) is 0 Å². The third kappa shape index (κ3) is 2.83. The van der Waals surface area contributed by atoms with Crippen LogP contribution in [-0.2, 0) is 4.79 Å². The first-order chi connectivity index (χ1) is 6.44. The Morgan fingerprint density at radius 3 is 1.27 bits per heavy atom. The van der Waals surface area contributed by atoms with E-state index in [4.69, 9.17) is 5.11 Å². The Morgan fingerprint density at radius 2 is 1.20 bits per heavy atom. The van der Waals surface area contributed by atoms with Crippen molar-refractivity contribution < 1.29 is 40.6 Å². The van der Waals surface area contributed by atoms with Crippen molar-refractivity contribution in [1.82, 2.24) is 0 Å². The van der Waals surface area contributed by atoms with Crippen molar-refractivity contribution in [3.8, 4) is 0 Å². The van der Waals surface area contributed by atoms with Crippen molar-refractivity contribution in [3.05, 3.63) is 13.2 Å². The van der Waals surface area contributed by atoms with Crippen molar-refractivity contribution >= 4 is 5.97 Å². The van der Waals surface area contributed by atoms with Gasteiger partial charge < -0.3 is 5.11 Å². The van der Waals surface area contributed by atoms with Crippen LogP contribution in [0.3, 0.4) is 0 Å². The summed E-state index contributed by atoms with van der Waals surface area (Å²) in [6, 6.07) is 0. The number of carboxylic acids is 1. The number of carboxylic acid groups (broad SMARTS) is 1. The van der Waals surface area contributed by atoms with Crippen LogP contribution in [0.15, 0.2) is 13.2 Å². The van der Waals surface area contributed by atoms with Crippen LogP contribution < -0.4 is 0 Å². The maximum Gasteiger partial charge on any atom is 0.460 e. The highest BCUT2D eigenvalue weighted by Gasteiger charge is 2.76. The van der Waals surface area contributed by atoms with Gasteiger partial charge in [0, 0.05) is 0 Å². The molecule has 0 heterocycles. The monoisotopic (exact) mass is 242 g/mol. The van der Waals surface area contributed by atoms with Crippen molar-refractivity contribution in [2.24, 2.45) is 0 Å². The Kier molecular flexibility index (Phi) is 4.84. The van der Waals surface area contributed by atoms with Gasteiger partial charge in [0.15, 0.2) is 0 Å². The van der Waals surface area contributed by atoms with Gasteiger partial charge in [-0.3, -0.25) is 0 Å². The zero-order chi connectivity index (χ0) is 13.1. The maximum atomic E-state index is 11.8. The normalized spacial score (nSPS) is 12.7. The summed E-state index contributed by atoms with van der Waals surface area (Å²) in [5.74, 6) is -16.3. The number of carbonyl (C=O) groups is 1. The van der Waals surface area contributed by atoms with E-state index in [1.807, 2.05) is 0 Å². The fraction of sp³-hybridized carbons (Fsp3) is 0.500. The fourth-order valence-corrected chi connectivity index (χ4v) is 0.312. The lowest BCUT2D eigenvalue weighted by molar-refractivity contribution is -0.347. The molecule has 0 atom stereocenters. The highest BCUT2D eigenvalue weighted by molar-refractivity contribution is 5.76. The van der Waals surface area contributed by atoms with Gasteiger partial charge >= 0.3 is 24.0 Å². The lowest BCUT2D eigenvalue weighted by Crippen LogP contribution is -2.56. The topological polar surface area (TPSA) is 37.3 Å². The molecule has 0 fully saturated rings. The van der Waals surface area contributed by atoms with Gasteiger partial charge in [0.05, 0.1) is 0 Å². The molecule has 0 aromatic heterocycles. The molecular weight excluding hydrogens is 237 g/mol. The first kappa shape index (κ1) is 16.2.